The fourth-order valence-corrected chi connectivity index (χ4v) is 0.646. The van der Waals surface area contributed by atoms with Crippen molar-refractivity contribution in [2.75, 3.05) is 6.61 Å². The van der Waals surface area contributed by atoms with Gasteiger partial charge in [0.25, 0.3) is 0 Å². The van der Waals surface area contributed by atoms with Gasteiger partial charge in [0.15, 0.2) is 12.7 Å². The van der Waals surface area contributed by atoms with E-state index >= 15 is 0 Å². The van der Waals surface area contributed by atoms with Crippen LogP contribution in [0, 0.1) is 48.9 Å². The first-order valence-corrected chi connectivity index (χ1v) is 4.72. The van der Waals surface area contributed by atoms with Crippen molar-refractivity contribution in [3.63, 3.8) is 0 Å². The second-order valence-corrected chi connectivity index (χ2v) is 2.55. The Morgan fingerprint density at radius 1 is 1.18 bits per heavy atom. The van der Waals surface area contributed by atoms with Crippen LogP contribution >= 0.6 is 0 Å². The van der Waals surface area contributed by atoms with Gasteiger partial charge in [-0.1, -0.05) is 25.2 Å². The Bertz CT molecular complexity index is 419. The molecule has 0 aliphatic heterocycles. The monoisotopic (exact) mass is 232 g/mol. The van der Waals surface area contributed by atoms with E-state index in [-0.39, 0.29) is 6.61 Å². The summed E-state index contributed by atoms with van der Waals surface area (Å²) in [4.78, 5) is 8.86. The second kappa shape index (κ2) is 8.87. The van der Waals surface area contributed by atoms with E-state index < -0.39 is 5.79 Å². The maximum atomic E-state index is 5.29. The first kappa shape index (κ1) is 14.6. The molecule has 0 saturated carbocycles. The highest BCUT2D eigenvalue weighted by Crippen LogP contribution is 2.12. The summed E-state index contributed by atoms with van der Waals surface area (Å²) >= 11 is 0. The highest BCUT2D eigenvalue weighted by molar-refractivity contribution is 5.08. The molecule has 0 amide bonds. The summed E-state index contributed by atoms with van der Waals surface area (Å²) in [7, 11) is 0. The van der Waals surface area contributed by atoms with Crippen LogP contribution in [0.15, 0.2) is 0 Å². The van der Waals surface area contributed by atoms with Crippen LogP contribution in [0.2, 0.25) is 0 Å². The SMILES string of the molecule is C#COOCC(C#C)(OC#CC)OC#CCC. The maximum Gasteiger partial charge on any atom is 0.361 e. The predicted molar refractivity (Wildman–Crippen MR) is 61.1 cm³/mol. The lowest BCUT2D eigenvalue weighted by atomic mass is 10.3. The Kier molecular flexibility index (Phi) is 7.62. The summed E-state index contributed by atoms with van der Waals surface area (Å²) in [6.45, 7) is 3.18. The van der Waals surface area contributed by atoms with E-state index in [0.29, 0.717) is 6.42 Å². The average molecular weight is 232 g/mol. The van der Waals surface area contributed by atoms with E-state index in [4.69, 9.17) is 22.3 Å². The molecule has 0 heterocycles. The molecule has 0 N–H and O–H groups in total. The molecule has 0 saturated heterocycles. The Balaban J connectivity index is 4.67. The highest BCUT2D eigenvalue weighted by Gasteiger charge is 2.33. The Labute approximate surface area is 101 Å². The van der Waals surface area contributed by atoms with Crippen LogP contribution in [0.1, 0.15) is 20.3 Å². The summed E-state index contributed by atoms with van der Waals surface area (Å²) in [6, 6.07) is 0. The lowest BCUT2D eigenvalue weighted by molar-refractivity contribution is -0.288. The van der Waals surface area contributed by atoms with Gasteiger partial charge in [0, 0.05) is 13.3 Å². The van der Waals surface area contributed by atoms with Gasteiger partial charge in [-0.05, 0) is 5.92 Å². The zero-order valence-corrected chi connectivity index (χ0v) is 9.70. The predicted octanol–water partition coefficient (Wildman–Crippen LogP) is 1.24. The molecule has 0 aromatic heterocycles. The second-order valence-electron chi connectivity index (χ2n) is 2.55. The smallest absolute Gasteiger partial charge is 0.361 e. The van der Waals surface area contributed by atoms with Gasteiger partial charge in [0.1, 0.15) is 12.2 Å². The zero-order valence-electron chi connectivity index (χ0n) is 9.70. The molecule has 0 radical (unpaired) electrons. The minimum absolute atomic E-state index is 0.263. The number of terminal acetylenes is 2. The fraction of sp³-hybridized carbons (Fsp3) is 0.385. The molecule has 4 heteroatoms. The Morgan fingerprint density at radius 3 is 2.41 bits per heavy atom. The van der Waals surface area contributed by atoms with Crippen LogP contribution in [0.25, 0.3) is 0 Å². The number of hydrogen-bond donors (Lipinski definition) is 0. The first-order chi connectivity index (χ1) is 8.24. The molecule has 0 aliphatic carbocycles. The van der Waals surface area contributed by atoms with Crippen molar-refractivity contribution in [3.8, 4) is 48.9 Å². The molecule has 17 heavy (non-hydrogen) atoms. The van der Waals surface area contributed by atoms with Gasteiger partial charge in [-0.2, -0.15) is 4.89 Å². The first-order valence-electron chi connectivity index (χ1n) is 4.72. The lowest BCUT2D eigenvalue weighted by Gasteiger charge is -2.21. The van der Waals surface area contributed by atoms with Gasteiger partial charge in [-0.25, -0.2) is 0 Å². The van der Waals surface area contributed by atoms with Gasteiger partial charge in [0.2, 0.25) is 0 Å². The molecule has 4 nitrogen and oxygen atoms in total. The van der Waals surface area contributed by atoms with E-state index in [0.717, 1.165) is 0 Å². The van der Waals surface area contributed by atoms with E-state index in [1.807, 2.05) is 13.0 Å². The van der Waals surface area contributed by atoms with Crippen LogP contribution in [-0.2, 0) is 19.2 Å². The molecule has 0 aromatic rings. The minimum Gasteiger partial charge on any atom is -0.387 e. The largest absolute Gasteiger partial charge is 0.387 e. The Morgan fingerprint density at radius 2 is 1.88 bits per heavy atom. The molecular formula is C13H12O4. The molecule has 0 fully saturated rings. The summed E-state index contributed by atoms with van der Waals surface area (Å²) in [5.41, 5.74) is 0. The fourth-order valence-electron chi connectivity index (χ4n) is 0.646. The van der Waals surface area contributed by atoms with Crippen molar-refractivity contribution >= 4 is 0 Å². The minimum atomic E-state index is -1.57. The molecule has 0 aliphatic rings. The summed E-state index contributed by atoms with van der Waals surface area (Å²) in [5.74, 6) is 5.86. The van der Waals surface area contributed by atoms with Crippen LogP contribution < -0.4 is 0 Å². The number of ether oxygens (including phenoxy) is 2. The van der Waals surface area contributed by atoms with E-state index in [1.165, 1.54) is 0 Å². The van der Waals surface area contributed by atoms with Crippen LogP contribution in [0.4, 0.5) is 0 Å². The van der Waals surface area contributed by atoms with Crippen LogP contribution in [0.5, 0.6) is 0 Å². The summed E-state index contributed by atoms with van der Waals surface area (Å²) in [6.07, 6.45) is 17.3. The normalized spacial score (nSPS) is 11.1. The van der Waals surface area contributed by atoms with Crippen LogP contribution in [0.3, 0.4) is 0 Å². The molecule has 1 unspecified atom stereocenters. The molecule has 88 valence electrons. The quantitative estimate of drug-likeness (QED) is 0.235. The van der Waals surface area contributed by atoms with Gasteiger partial charge in [-0.3, -0.25) is 4.89 Å². The summed E-state index contributed by atoms with van der Waals surface area (Å²) in [5, 5.41) is 0. The third-order valence-corrected chi connectivity index (χ3v) is 1.36. The number of rotatable bonds is 5. The van der Waals surface area contributed by atoms with E-state index in [9.17, 15) is 0 Å². The molecule has 0 bridgehead atoms. The van der Waals surface area contributed by atoms with Crippen molar-refractivity contribution in [1.82, 2.24) is 0 Å². The van der Waals surface area contributed by atoms with Gasteiger partial charge in [-0.15, -0.1) is 6.42 Å². The summed E-state index contributed by atoms with van der Waals surface area (Å²) < 4.78 is 10.1. The van der Waals surface area contributed by atoms with Gasteiger partial charge in [0.05, 0.1) is 0 Å². The highest BCUT2D eigenvalue weighted by atomic mass is 17.2. The van der Waals surface area contributed by atoms with Crippen molar-refractivity contribution in [2.24, 2.45) is 0 Å². The molecule has 1 atom stereocenters. The van der Waals surface area contributed by atoms with Crippen molar-refractivity contribution in [2.45, 2.75) is 26.1 Å². The van der Waals surface area contributed by atoms with Gasteiger partial charge >= 0.3 is 5.79 Å². The van der Waals surface area contributed by atoms with Crippen LogP contribution in [-0.4, -0.2) is 12.4 Å². The van der Waals surface area contributed by atoms with E-state index in [1.54, 1.807) is 6.92 Å². The van der Waals surface area contributed by atoms with Gasteiger partial charge < -0.3 is 9.47 Å². The average Bonchev–Trinajstić information content (AvgIpc) is 2.36. The molecule has 0 rings (SSSR count). The topological polar surface area (TPSA) is 36.9 Å². The van der Waals surface area contributed by atoms with E-state index in [2.05, 4.69) is 39.7 Å². The lowest BCUT2D eigenvalue weighted by Crippen LogP contribution is -2.37. The van der Waals surface area contributed by atoms with Crippen molar-refractivity contribution in [3.05, 3.63) is 0 Å². The standard InChI is InChI=1S/C13H12O4/c1-5-9-11-15-13(7-3,14-10-6-2)12-17-16-8-4/h3-4H,5,12H2,1-2H3. The maximum absolute atomic E-state index is 5.29. The molecule has 0 spiro atoms. The Hall–Kier alpha value is -2.40. The zero-order chi connectivity index (χ0) is 13.0. The molecule has 0 aromatic carbocycles. The third kappa shape index (κ3) is 5.91. The van der Waals surface area contributed by atoms with Crippen molar-refractivity contribution < 1.29 is 19.2 Å². The number of hydrogen-bond acceptors (Lipinski definition) is 4. The van der Waals surface area contributed by atoms with Crippen molar-refractivity contribution in [1.29, 1.82) is 0 Å². The third-order valence-electron chi connectivity index (χ3n) is 1.36. The molecular weight excluding hydrogens is 220 g/mol.